The van der Waals surface area contributed by atoms with Crippen LogP contribution in [-0.4, -0.2) is 32.5 Å². The standard InChI is InChI=1S/C20H26N6/c21-19-22-10-15(11-23-19)18-9-17(14-5-3-1-2-4-6-14)24-20(25-18)26-12-13-7-16(26)8-13/h9-11,13-14,16H,1-8,12H2,(H2,21,22,23). The Balaban J connectivity index is 1.54. The Bertz CT molecular complexity index is 775. The Morgan fingerprint density at radius 2 is 1.69 bits per heavy atom. The van der Waals surface area contributed by atoms with E-state index < -0.39 is 0 Å². The zero-order valence-corrected chi connectivity index (χ0v) is 15.1. The van der Waals surface area contributed by atoms with Crippen molar-refractivity contribution in [2.45, 2.75) is 63.3 Å². The SMILES string of the molecule is Nc1ncc(-c2cc(C3CCCCCC3)nc(N3CC4CC3C4)n2)cn1. The Morgan fingerprint density at radius 1 is 0.962 bits per heavy atom. The molecule has 0 atom stereocenters. The number of aromatic nitrogens is 4. The molecular formula is C20H26N6. The quantitative estimate of drug-likeness (QED) is 0.853. The van der Waals surface area contributed by atoms with Crippen LogP contribution in [-0.2, 0) is 0 Å². The molecule has 2 aromatic heterocycles. The lowest BCUT2D eigenvalue weighted by molar-refractivity contribution is 0.380. The number of nitrogen functional groups attached to an aromatic ring is 1. The monoisotopic (exact) mass is 350 g/mol. The van der Waals surface area contributed by atoms with Crippen molar-refractivity contribution in [2.24, 2.45) is 5.92 Å². The van der Waals surface area contributed by atoms with E-state index in [0.29, 0.717) is 17.9 Å². The highest BCUT2D eigenvalue weighted by Gasteiger charge is 2.44. The summed E-state index contributed by atoms with van der Waals surface area (Å²) in [6.45, 7) is 1.11. The normalized spacial score (nSPS) is 25.8. The summed E-state index contributed by atoms with van der Waals surface area (Å²) < 4.78 is 0. The van der Waals surface area contributed by atoms with Crippen LogP contribution in [0.1, 0.15) is 63.0 Å². The molecule has 0 amide bonds. The lowest BCUT2D eigenvalue weighted by atomic mass is 9.86. The summed E-state index contributed by atoms with van der Waals surface area (Å²) in [4.78, 5) is 20.7. The van der Waals surface area contributed by atoms with E-state index in [0.717, 1.165) is 29.7 Å². The minimum absolute atomic E-state index is 0.299. The van der Waals surface area contributed by atoms with Crippen molar-refractivity contribution in [3.63, 3.8) is 0 Å². The lowest BCUT2D eigenvalue weighted by Gasteiger charge is -2.27. The second-order valence-electron chi connectivity index (χ2n) is 8.14. The Hall–Kier alpha value is -2.24. The minimum Gasteiger partial charge on any atom is -0.368 e. The van der Waals surface area contributed by atoms with Crippen molar-refractivity contribution < 1.29 is 0 Å². The summed E-state index contributed by atoms with van der Waals surface area (Å²) in [5.41, 5.74) is 8.71. The van der Waals surface area contributed by atoms with Gasteiger partial charge in [0.2, 0.25) is 11.9 Å². The van der Waals surface area contributed by atoms with Crippen LogP contribution in [0.3, 0.4) is 0 Å². The van der Waals surface area contributed by atoms with Crippen LogP contribution < -0.4 is 10.6 Å². The molecular weight excluding hydrogens is 324 g/mol. The molecule has 2 N–H and O–H groups in total. The fourth-order valence-electron chi connectivity index (χ4n) is 4.76. The second-order valence-corrected chi connectivity index (χ2v) is 8.14. The number of nitrogens with two attached hydrogens (primary N) is 1. The van der Waals surface area contributed by atoms with E-state index >= 15 is 0 Å². The van der Waals surface area contributed by atoms with Crippen LogP contribution >= 0.6 is 0 Å². The molecule has 4 fully saturated rings. The first-order valence-electron chi connectivity index (χ1n) is 10.00. The summed E-state index contributed by atoms with van der Waals surface area (Å²) in [6.07, 6.45) is 13.9. The highest BCUT2D eigenvalue weighted by atomic mass is 15.3. The molecule has 2 saturated heterocycles. The molecule has 6 nitrogen and oxygen atoms in total. The molecule has 0 radical (unpaired) electrons. The van der Waals surface area contributed by atoms with Gasteiger partial charge in [-0.3, -0.25) is 0 Å². The van der Waals surface area contributed by atoms with Gasteiger partial charge in [-0.1, -0.05) is 25.7 Å². The van der Waals surface area contributed by atoms with Crippen molar-refractivity contribution in [1.29, 1.82) is 0 Å². The topological polar surface area (TPSA) is 80.8 Å². The van der Waals surface area contributed by atoms with Crippen LogP contribution in [0.15, 0.2) is 18.5 Å². The fourth-order valence-corrected chi connectivity index (χ4v) is 4.76. The molecule has 4 heterocycles. The summed E-state index contributed by atoms with van der Waals surface area (Å²) >= 11 is 0. The van der Waals surface area contributed by atoms with E-state index in [1.807, 2.05) is 0 Å². The number of rotatable bonds is 3. The Kier molecular flexibility index (Phi) is 3.98. The number of fused-ring (bicyclic) bond motifs is 1. The lowest BCUT2D eigenvalue weighted by Crippen LogP contribution is -2.30. The number of nitrogens with zero attached hydrogens (tertiary/aromatic N) is 5. The maximum Gasteiger partial charge on any atom is 0.226 e. The molecule has 2 bridgehead atoms. The van der Waals surface area contributed by atoms with Crippen LogP contribution in [0, 0.1) is 5.92 Å². The van der Waals surface area contributed by atoms with Crippen LogP contribution in [0.25, 0.3) is 11.3 Å². The smallest absolute Gasteiger partial charge is 0.226 e. The van der Waals surface area contributed by atoms with Gasteiger partial charge in [0, 0.05) is 42.2 Å². The molecule has 6 heteroatoms. The third kappa shape index (κ3) is 2.91. The largest absolute Gasteiger partial charge is 0.368 e. The van der Waals surface area contributed by atoms with Crippen LogP contribution in [0.4, 0.5) is 11.9 Å². The summed E-state index contributed by atoms with van der Waals surface area (Å²) in [6, 6.07) is 2.80. The minimum atomic E-state index is 0.299. The number of hydrogen-bond donors (Lipinski definition) is 1. The molecule has 2 aliphatic heterocycles. The maximum absolute atomic E-state index is 5.66. The van der Waals surface area contributed by atoms with E-state index in [1.165, 1.54) is 57.1 Å². The maximum atomic E-state index is 5.66. The Morgan fingerprint density at radius 3 is 2.35 bits per heavy atom. The molecule has 26 heavy (non-hydrogen) atoms. The van der Waals surface area contributed by atoms with Crippen LogP contribution in [0.2, 0.25) is 0 Å². The van der Waals surface area contributed by atoms with Crippen molar-refractivity contribution in [1.82, 2.24) is 19.9 Å². The van der Waals surface area contributed by atoms with Crippen LogP contribution in [0.5, 0.6) is 0 Å². The molecule has 0 spiro atoms. The first kappa shape index (κ1) is 16.0. The number of hydrogen-bond acceptors (Lipinski definition) is 6. The van der Waals surface area contributed by atoms with Gasteiger partial charge in [-0.15, -0.1) is 0 Å². The van der Waals surface area contributed by atoms with Crippen molar-refractivity contribution in [2.75, 3.05) is 17.2 Å². The molecule has 136 valence electrons. The van der Waals surface area contributed by atoms with Crippen molar-refractivity contribution >= 4 is 11.9 Å². The zero-order chi connectivity index (χ0) is 17.5. The predicted molar refractivity (Wildman–Crippen MR) is 102 cm³/mol. The molecule has 4 aliphatic rings. The van der Waals surface area contributed by atoms with E-state index in [4.69, 9.17) is 15.7 Å². The van der Waals surface area contributed by atoms with Gasteiger partial charge in [0.25, 0.3) is 0 Å². The average Bonchev–Trinajstić information content (AvgIpc) is 3.14. The third-order valence-electron chi connectivity index (χ3n) is 6.34. The van der Waals surface area contributed by atoms with E-state index in [1.54, 1.807) is 12.4 Å². The zero-order valence-electron chi connectivity index (χ0n) is 15.1. The molecule has 2 saturated carbocycles. The predicted octanol–water partition coefficient (Wildman–Crippen LogP) is 3.55. The highest BCUT2D eigenvalue weighted by Crippen LogP contribution is 2.43. The molecule has 2 aromatic rings. The molecule has 2 aliphatic carbocycles. The average molecular weight is 350 g/mol. The van der Waals surface area contributed by atoms with Gasteiger partial charge >= 0.3 is 0 Å². The van der Waals surface area contributed by atoms with Gasteiger partial charge in [0.1, 0.15) is 0 Å². The first-order chi connectivity index (χ1) is 12.8. The second kappa shape index (κ2) is 6.49. The van der Waals surface area contributed by atoms with E-state index in [9.17, 15) is 0 Å². The van der Waals surface area contributed by atoms with Gasteiger partial charge < -0.3 is 10.6 Å². The third-order valence-corrected chi connectivity index (χ3v) is 6.34. The Labute approximate surface area is 154 Å². The fraction of sp³-hybridized carbons (Fsp3) is 0.600. The summed E-state index contributed by atoms with van der Waals surface area (Å²) in [5.74, 6) is 2.59. The van der Waals surface area contributed by atoms with Gasteiger partial charge in [0.15, 0.2) is 0 Å². The van der Waals surface area contributed by atoms with E-state index in [2.05, 4.69) is 20.9 Å². The van der Waals surface area contributed by atoms with Gasteiger partial charge in [-0.2, -0.15) is 0 Å². The first-order valence-corrected chi connectivity index (χ1v) is 10.00. The summed E-state index contributed by atoms with van der Waals surface area (Å²) in [7, 11) is 0. The van der Waals surface area contributed by atoms with Gasteiger partial charge in [0.05, 0.1) is 5.69 Å². The van der Waals surface area contributed by atoms with Gasteiger partial charge in [-0.25, -0.2) is 19.9 Å². The van der Waals surface area contributed by atoms with E-state index in [-0.39, 0.29) is 0 Å². The van der Waals surface area contributed by atoms with Crippen molar-refractivity contribution in [3.05, 3.63) is 24.2 Å². The van der Waals surface area contributed by atoms with Crippen molar-refractivity contribution in [3.8, 4) is 11.3 Å². The molecule has 0 aromatic carbocycles. The molecule has 6 rings (SSSR count). The summed E-state index contributed by atoms with van der Waals surface area (Å²) in [5, 5.41) is 0. The highest BCUT2D eigenvalue weighted by molar-refractivity contribution is 5.60. The number of anilines is 2. The van der Waals surface area contributed by atoms with Gasteiger partial charge in [-0.05, 0) is 37.7 Å². The molecule has 0 unspecified atom stereocenters.